The van der Waals surface area contributed by atoms with Crippen molar-refractivity contribution in [1.29, 1.82) is 5.26 Å². The zero-order valence-electron chi connectivity index (χ0n) is 11.1. The standard InChI is InChI=1S/C13H17N3O2S/c1-3-10-15-9(2)11(13(17)18)12(16-10)19-8-6-4-5-7-14/h3-6,8H2,1-2H3,(H,17,18). The lowest BCUT2D eigenvalue weighted by Gasteiger charge is -2.09. The van der Waals surface area contributed by atoms with E-state index in [0.29, 0.717) is 29.4 Å². The van der Waals surface area contributed by atoms with E-state index in [1.165, 1.54) is 11.8 Å². The summed E-state index contributed by atoms with van der Waals surface area (Å²) >= 11 is 1.43. The number of nitrogens with zero attached hydrogens (tertiary/aromatic N) is 3. The van der Waals surface area contributed by atoms with Crippen LogP contribution in [0.15, 0.2) is 5.03 Å². The number of carboxylic acid groups (broad SMARTS) is 1. The Bertz CT molecular complexity index is 497. The third-order valence-corrected chi connectivity index (χ3v) is 3.62. The normalized spacial score (nSPS) is 10.2. The van der Waals surface area contributed by atoms with E-state index in [1.54, 1.807) is 6.92 Å². The molecule has 0 aliphatic rings. The Labute approximate surface area is 117 Å². The Morgan fingerprint density at radius 3 is 2.74 bits per heavy atom. The molecule has 0 amide bonds. The Morgan fingerprint density at radius 1 is 1.42 bits per heavy atom. The summed E-state index contributed by atoms with van der Waals surface area (Å²) in [6.45, 7) is 3.64. The molecule has 5 nitrogen and oxygen atoms in total. The molecule has 0 unspecified atom stereocenters. The van der Waals surface area contributed by atoms with Gasteiger partial charge in [-0.25, -0.2) is 14.8 Å². The van der Waals surface area contributed by atoms with Gasteiger partial charge >= 0.3 is 5.97 Å². The molecule has 19 heavy (non-hydrogen) atoms. The summed E-state index contributed by atoms with van der Waals surface area (Å²) < 4.78 is 0. The quantitative estimate of drug-likeness (QED) is 0.469. The molecule has 6 heteroatoms. The molecule has 0 fully saturated rings. The number of carbonyl (C=O) groups is 1. The van der Waals surface area contributed by atoms with E-state index >= 15 is 0 Å². The molecule has 1 aromatic rings. The molecule has 1 heterocycles. The average Bonchev–Trinajstić information content (AvgIpc) is 2.37. The van der Waals surface area contributed by atoms with Crippen molar-refractivity contribution in [2.45, 2.75) is 44.6 Å². The summed E-state index contributed by atoms with van der Waals surface area (Å²) in [5.41, 5.74) is 0.710. The third-order valence-electron chi connectivity index (χ3n) is 2.55. The monoisotopic (exact) mass is 279 g/mol. The van der Waals surface area contributed by atoms with E-state index < -0.39 is 5.97 Å². The van der Waals surface area contributed by atoms with Gasteiger partial charge in [-0.3, -0.25) is 0 Å². The van der Waals surface area contributed by atoms with E-state index in [1.807, 2.05) is 6.92 Å². The minimum Gasteiger partial charge on any atom is -0.478 e. The molecule has 0 aromatic carbocycles. The lowest BCUT2D eigenvalue weighted by atomic mass is 10.2. The van der Waals surface area contributed by atoms with E-state index in [4.69, 9.17) is 5.26 Å². The summed E-state index contributed by atoms with van der Waals surface area (Å²) in [6, 6.07) is 2.09. The first-order valence-electron chi connectivity index (χ1n) is 6.20. The van der Waals surface area contributed by atoms with Crippen molar-refractivity contribution in [2.24, 2.45) is 0 Å². The Morgan fingerprint density at radius 2 is 2.16 bits per heavy atom. The number of aromatic carboxylic acids is 1. The molecular weight excluding hydrogens is 262 g/mol. The predicted octanol–water partition coefficient (Wildman–Crippen LogP) is 2.83. The van der Waals surface area contributed by atoms with Crippen LogP contribution in [-0.2, 0) is 6.42 Å². The van der Waals surface area contributed by atoms with E-state index in [2.05, 4.69) is 16.0 Å². The highest BCUT2D eigenvalue weighted by atomic mass is 32.2. The second-order valence-corrected chi connectivity index (χ2v) is 5.11. The number of hydrogen-bond donors (Lipinski definition) is 1. The fourth-order valence-corrected chi connectivity index (χ4v) is 2.68. The van der Waals surface area contributed by atoms with Crippen LogP contribution in [-0.4, -0.2) is 26.8 Å². The highest BCUT2D eigenvalue weighted by Gasteiger charge is 2.17. The number of rotatable bonds is 7. The van der Waals surface area contributed by atoms with Crippen LogP contribution in [0.4, 0.5) is 0 Å². The van der Waals surface area contributed by atoms with Crippen molar-refractivity contribution in [3.63, 3.8) is 0 Å². The van der Waals surface area contributed by atoms with Gasteiger partial charge in [-0.15, -0.1) is 11.8 Å². The van der Waals surface area contributed by atoms with Gasteiger partial charge in [0, 0.05) is 12.8 Å². The van der Waals surface area contributed by atoms with Crippen molar-refractivity contribution >= 4 is 17.7 Å². The summed E-state index contributed by atoms with van der Waals surface area (Å²) in [6.07, 6.45) is 2.93. The van der Waals surface area contributed by atoms with Gasteiger partial charge in [-0.1, -0.05) is 6.92 Å². The molecule has 1 aromatic heterocycles. The number of nitriles is 1. The van der Waals surface area contributed by atoms with Gasteiger partial charge in [0.05, 0.1) is 11.8 Å². The predicted molar refractivity (Wildman–Crippen MR) is 73.3 cm³/mol. The second kappa shape index (κ2) is 7.74. The number of unbranched alkanes of at least 4 members (excludes halogenated alkanes) is 2. The molecular formula is C13H17N3O2S. The highest BCUT2D eigenvalue weighted by molar-refractivity contribution is 7.99. The van der Waals surface area contributed by atoms with Gasteiger partial charge in [-0.2, -0.15) is 5.26 Å². The largest absolute Gasteiger partial charge is 0.478 e. The third kappa shape index (κ3) is 4.52. The minimum atomic E-state index is -0.986. The molecule has 0 atom stereocenters. The number of thioether (sulfide) groups is 1. The van der Waals surface area contributed by atoms with Crippen molar-refractivity contribution in [1.82, 2.24) is 9.97 Å². The zero-order valence-corrected chi connectivity index (χ0v) is 12.0. The summed E-state index contributed by atoms with van der Waals surface area (Å²) in [7, 11) is 0. The summed E-state index contributed by atoms with van der Waals surface area (Å²) in [5, 5.41) is 18.2. The van der Waals surface area contributed by atoms with Crippen LogP contribution in [0.1, 0.15) is 48.1 Å². The maximum Gasteiger partial charge on any atom is 0.340 e. The van der Waals surface area contributed by atoms with Crippen molar-refractivity contribution < 1.29 is 9.90 Å². The molecule has 1 rings (SSSR count). The van der Waals surface area contributed by atoms with Crippen LogP contribution in [0.5, 0.6) is 0 Å². The number of aromatic nitrogens is 2. The van der Waals surface area contributed by atoms with Crippen LogP contribution < -0.4 is 0 Å². The maximum absolute atomic E-state index is 11.2. The molecule has 102 valence electrons. The molecule has 0 saturated heterocycles. The van der Waals surface area contributed by atoms with E-state index in [0.717, 1.165) is 18.6 Å². The Balaban J connectivity index is 2.82. The van der Waals surface area contributed by atoms with Gasteiger partial charge in [0.25, 0.3) is 0 Å². The van der Waals surface area contributed by atoms with Gasteiger partial charge in [0.15, 0.2) is 0 Å². The summed E-state index contributed by atoms with van der Waals surface area (Å²) in [4.78, 5) is 19.7. The van der Waals surface area contributed by atoms with Gasteiger partial charge < -0.3 is 5.11 Å². The fraction of sp³-hybridized carbons (Fsp3) is 0.538. The number of aryl methyl sites for hydroxylation is 2. The summed E-state index contributed by atoms with van der Waals surface area (Å²) in [5.74, 6) is 0.448. The molecule has 1 N–H and O–H groups in total. The van der Waals surface area contributed by atoms with Gasteiger partial charge in [0.1, 0.15) is 16.4 Å². The van der Waals surface area contributed by atoms with Crippen LogP contribution in [0.25, 0.3) is 0 Å². The minimum absolute atomic E-state index is 0.197. The number of hydrogen-bond acceptors (Lipinski definition) is 5. The number of carboxylic acids is 1. The molecule has 0 aliphatic carbocycles. The second-order valence-electron chi connectivity index (χ2n) is 4.03. The first-order chi connectivity index (χ1) is 9.10. The maximum atomic E-state index is 11.2. The topological polar surface area (TPSA) is 86.9 Å². The van der Waals surface area contributed by atoms with Crippen LogP contribution in [0.3, 0.4) is 0 Å². The first-order valence-corrected chi connectivity index (χ1v) is 7.19. The van der Waals surface area contributed by atoms with Gasteiger partial charge in [0.2, 0.25) is 0 Å². The van der Waals surface area contributed by atoms with Crippen molar-refractivity contribution in [3.8, 4) is 6.07 Å². The SMILES string of the molecule is CCc1nc(C)c(C(=O)O)c(SCCCCC#N)n1. The molecule has 0 saturated carbocycles. The van der Waals surface area contributed by atoms with Gasteiger partial charge in [-0.05, 0) is 25.5 Å². The Kier molecular flexibility index (Phi) is 6.30. The lowest BCUT2D eigenvalue weighted by Crippen LogP contribution is -2.09. The van der Waals surface area contributed by atoms with Crippen LogP contribution in [0.2, 0.25) is 0 Å². The first kappa shape index (κ1) is 15.4. The van der Waals surface area contributed by atoms with Crippen LogP contribution >= 0.6 is 11.8 Å². The highest BCUT2D eigenvalue weighted by Crippen LogP contribution is 2.24. The van der Waals surface area contributed by atoms with Crippen molar-refractivity contribution in [2.75, 3.05) is 5.75 Å². The van der Waals surface area contributed by atoms with E-state index in [9.17, 15) is 9.90 Å². The van der Waals surface area contributed by atoms with E-state index in [-0.39, 0.29) is 5.56 Å². The Hall–Kier alpha value is -1.61. The molecule has 0 spiro atoms. The molecule has 0 radical (unpaired) electrons. The zero-order chi connectivity index (χ0) is 14.3. The molecule has 0 aliphatic heterocycles. The fourth-order valence-electron chi connectivity index (χ4n) is 1.59. The smallest absolute Gasteiger partial charge is 0.340 e. The average molecular weight is 279 g/mol. The van der Waals surface area contributed by atoms with Crippen LogP contribution in [0, 0.1) is 18.3 Å². The van der Waals surface area contributed by atoms with Crippen molar-refractivity contribution in [3.05, 3.63) is 17.1 Å². The lowest BCUT2D eigenvalue weighted by molar-refractivity contribution is 0.0690. The molecule has 0 bridgehead atoms.